The van der Waals surface area contributed by atoms with Crippen LogP contribution in [0.1, 0.15) is 310 Å². The van der Waals surface area contributed by atoms with E-state index in [9.17, 15) is 14.4 Å². The lowest BCUT2D eigenvalue weighted by Crippen LogP contribution is -2.30. The Balaban J connectivity index is 4.04. The predicted octanol–water partition coefficient (Wildman–Crippen LogP) is 20.4. The molecular formula is C64H114O6. The van der Waals surface area contributed by atoms with E-state index in [1.807, 2.05) is 0 Å². The van der Waals surface area contributed by atoms with Crippen molar-refractivity contribution in [3.05, 3.63) is 60.8 Å². The van der Waals surface area contributed by atoms with Crippen molar-refractivity contribution in [1.29, 1.82) is 0 Å². The average molecular weight is 980 g/mol. The molecule has 0 rings (SSSR count). The molecule has 0 amide bonds. The van der Waals surface area contributed by atoms with Gasteiger partial charge in [-0.3, -0.25) is 14.4 Å². The van der Waals surface area contributed by atoms with Gasteiger partial charge in [0.05, 0.1) is 0 Å². The summed E-state index contributed by atoms with van der Waals surface area (Å²) in [5, 5.41) is 0. The van der Waals surface area contributed by atoms with E-state index in [1.165, 1.54) is 180 Å². The Labute approximate surface area is 434 Å². The second-order valence-corrected chi connectivity index (χ2v) is 20.2. The summed E-state index contributed by atoms with van der Waals surface area (Å²) in [5.41, 5.74) is 0. The number of rotatable bonds is 55. The molecule has 70 heavy (non-hydrogen) atoms. The molecule has 0 aromatic carbocycles. The molecule has 0 aromatic rings. The van der Waals surface area contributed by atoms with Crippen molar-refractivity contribution in [2.24, 2.45) is 0 Å². The summed E-state index contributed by atoms with van der Waals surface area (Å²) in [6.07, 6.45) is 73.9. The first-order valence-electron chi connectivity index (χ1n) is 30.3. The average Bonchev–Trinajstić information content (AvgIpc) is 3.36. The summed E-state index contributed by atoms with van der Waals surface area (Å²) in [7, 11) is 0. The maximum Gasteiger partial charge on any atom is 0.306 e. The number of hydrogen-bond acceptors (Lipinski definition) is 6. The molecule has 1 atom stereocenters. The molecule has 0 fully saturated rings. The van der Waals surface area contributed by atoms with Crippen LogP contribution in [-0.4, -0.2) is 37.2 Å². The van der Waals surface area contributed by atoms with Gasteiger partial charge in [0.15, 0.2) is 6.10 Å². The fraction of sp³-hybridized carbons (Fsp3) is 0.797. The smallest absolute Gasteiger partial charge is 0.306 e. The van der Waals surface area contributed by atoms with Crippen molar-refractivity contribution in [2.75, 3.05) is 13.2 Å². The highest BCUT2D eigenvalue weighted by atomic mass is 16.6. The topological polar surface area (TPSA) is 78.9 Å². The van der Waals surface area contributed by atoms with Gasteiger partial charge >= 0.3 is 17.9 Å². The van der Waals surface area contributed by atoms with E-state index >= 15 is 0 Å². The Morgan fingerprint density at radius 1 is 0.300 bits per heavy atom. The normalized spacial score (nSPS) is 12.4. The van der Waals surface area contributed by atoms with Crippen molar-refractivity contribution in [2.45, 2.75) is 316 Å². The van der Waals surface area contributed by atoms with Crippen molar-refractivity contribution in [3.8, 4) is 0 Å². The van der Waals surface area contributed by atoms with Gasteiger partial charge in [0, 0.05) is 19.3 Å². The van der Waals surface area contributed by atoms with Crippen LogP contribution < -0.4 is 0 Å². The second-order valence-electron chi connectivity index (χ2n) is 20.2. The van der Waals surface area contributed by atoms with Gasteiger partial charge in [-0.15, -0.1) is 0 Å². The van der Waals surface area contributed by atoms with Gasteiger partial charge in [-0.2, -0.15) is 0 Å². The Kier molecular flexibility index (Phi) is 56.3. The lowest BCUT2D eigenvalue weighted by Gasteiger charge is -2.18. The molecule has 6 heteroatoms. The van der Waals surface area contributed by atoms with Crippen molar-refractivity contribution in [1.82, 2.24) is 0 Å². The van der Waals surface area contributed by atoms with Gasteiger partial charge < -0.3 is 14.2 Å². The zero-order valence-corrected chi connectivity index (χ0v) is 46.5. The first-order chi connectivity index (χ1) is 34.5. The minimum Gasteiger partial charge on any atom is -0.462 e. The fourth-order valence-corrected chi connectivity index (χ4v) is 8.77. The molecule has 0 aliphatic carbocycles. The van der Waals surface area contributed by atoms with Crippen LogP contribution in [0.2, 0.25) is 0 Å². The number of hydrogen-bond donors (Lipinski definition) is 0. The van der Waals surface area contributed by atoms with Gasteiger partial charge in [0.1, 0.15) is 13.2 Å². The Bertz CT molecular complexity index is 1260. The van der Waals surface area contributed by atoms with Crippen LogP contribution >= 0.6 is 0 Å². The zero-order valence-electron chi connectivity index (χ0n) is 46.5. The summed E-state index contributed by atoms with van der Waals surface area (Å²) in [4.78, 5) is 38.0. The first kappa shape index (κ1) is 67.1. The molecule has 0 aliphatic rings. The molecular weight excluding hydrogens is 865 g/mol. The van der Waals surface area contributed by atoms with Gasteiger partial charge in [-0.1, -0.05) is 287 Å². The number of carbonyl (C=O) groups excluding carboxylic acids is 3. The molecule has 1 unspecified atom stereocenters. The van der Waals surface area contributed by atoms with Gasteiger partial charge in [-0.05, 0) is 64.2 Å². The Morgan fingerprint density at radius 2 is 0.557 bits per heavy atom. The summed E-state index contributed by atoms with van der Waals surface area (Å²) in [6, 6.07) is 0. The molecule has 0 bridgehead atoms. The van der Waals surface area contributed by atoms with Crippen LogP contribution in [0.3, 0.4) is 0 Å². The number of carbonyl (C=O) groups is 3. The zero-order chi connectivity index (χ0) is 50.7. The number of ether oxygens (including phenoxy) is 3. The number of unbranched alkanes of at least 4 members (excludes halogenated alkanes) is 34. The van der Waals surface area contributed by atoms with Gasteiger partial charge in [-0.25, -0.2) is 0 Å². The first-order valence-corrected chi connectivity index (χ1v) is 30.3. The molecule has 406 valence electrons. The molecule has 0 saturated carbocycles. The molecule has 0 spiro atoms. The van der Waals surface area contributed by atoms with E-state index in [-0.39, 0.29) is 31.1 Å². The van der Waals surface area contributed by atoms with E-state index in [4.69, 9.17) is 14.2 Å². The highest BCUT2D eigenvalue weighted by Crippen LogP contribution is 2.17. The monoisotopic (exact) mass is 979 g/mol. The Morgan fingerprint density at radius 3 is 0.871 bits per heavy atom. The van der Waals surface area contributed by atoms with Crippen molar-refractivity contribution in [3.63, 3.8) is 0 Å². The minimum atomic E-state index is -0.767. The van der Waals surface area contributed by atoms with Gasteiger partial charge in [0.2, 0.25) is 0 Å². The van der Waals surface area contributed by atoms with Gasteiger partial charge in [0.25, 0.3) is 0 Å². The van der Waals surface area contributed by atoms with Crippen molar-refractivity contribution < 1.29 is 28.6 Å². The third-order valence-corrected chi connectivity index (χ3v) is 13.3. The van der Waals surface area contributed by atoms with Crippen LogP contribution in [0.4, 0.5) is 0 Å². The minimum absolute atomic E-state index is 0.0685. The Hall–Kier alpha value is -2.89. The molecule has 0 radical (unpaired) electrons. The highest BCUT2D eigenvalue weighted by Gasteiger charge is 2.19. The van der Waals surface area contributed by atoms with Crippen LogP contribution in [-0.2, 0) is 28.6 Å². The third-order valence-electron chi connectivity index (χ3n) is 13.3. The molecule has 6 nitrogen and oxygen atoms in total. The molecule has 0 aliphatic heterocycles. The second kappa shape index (κ2) is 58.7. The number of allylic oxidation sites excluding steroid dienone is 10. The summed E-state index contributed by atoms with van der Waals surface area (Å²) in [6.45, 7) is 6.52. The van der Waals surface area contributed by atoms with E-state index in [0.717, 1.165) is 89.9 Å². The van der Waals surface area contributed by atoms with Crippen LogP contribution in [0, 0.1) is 0 Å². The van der Waals surface area contributed by atoms with E-state index in [0.29, 0.717) is 19.3 Å². The largest absolute Gasteiger partial charge is 0.462 e. The molecule has 0 heterocycles. The molecule has 0 aromatic heterocycles. The van der Waals surface area contributed by atoms with Crippen LogP contribution in [0.15, 0.2) is 60.8 Å². The van der Waals surface area contributed by atoms with Crippen molar-refractivity contribution >= 4 is 17.9 Å². The van der Waals surface area contributed by atoms with Crippen LogP contribution in [0.5, 0.6) is 0 Å². The number of esters is 3. The third kappa shape index (κ3) is 56.0. The lowest BCUT2D eigenvalue weighted by molar-refractivity contribution is -0.167. The molecule has 0 N–H and O–H groups in total. The predicted molar refractivity (Wildman–Crippen MR) is 302 cm³/mol. The maximum atomic E-state index is 12.8. The summed E-state index contributed by atoms with van der Waals surface area (Å²) >= 11 is 0. The maximum absolute atomic E-state index is 12.8. The van der Waals surface area contributed by atoms with E-state index in [2.05, 4.69) is 81.5 Å². The van der Waals surface area contributed by atoms with E-state index < -0.39 is 6.10 Å². The standard InChI is InChI=1S/C64H114O6/c1-4-7-10-13-16-19-21-23-24-25-26-27-28-29-30-31-32-33-34-35-36-37-38-39-40-42-43-45-48-51-54-57-63(66)69-60-61(59-68-62(65)56-53-50-47-18-15-12-9-6-3)70-64(67)58-55-52-49-46-44-41-22-20-17-14-11-8-5-2/h7,10,16,19,23-24,26-27,29-30,61H,4-6,8-9,11-15,17-18,20-22,25,28,31-60H2,1-3H3/b10-7-,19-16-,24-23-,27-26-,30-29-. The summed E-state index contributed by atoms with van der Waals surface area (Å²) in [5.74, 6) is -0.859. The fourth-order valence-electron chi connectivity index (χ4n) is 8.77. The van der Waals surface area contributed by atoms with E-state index in [1.54, 1.807) is 0 Å². The summed E-state index contributed by atoms with van der Waals surface area (Å²) < 4.78 is 16.8. The molecule has 0 saturated heterocycles. The van der Waals surface area contributed by atoms with Crippen LogP contribution in [0.25, 0.3) is 0 Å². The quantitative estimate of drug-likeness (QED) is 0.0261. The highest BCUT2D eigenvalue weighted by molar-refractivity contribution is 5.71. The lowest BCUT2D eigenvalue weighted by atomic mass is 10.0. The SMILES string of the molecule is CC/C=C\C/C=C\C/C=C\C/C=C\C/C=C\CCCCCCCCCCCCCCCCCC(=O)OCC(COC(=O)CCCCCCCCCC)OC(=O)CCCCCCCCCCCCCCC.